The number of halogens is 2. The van der Waals surface area contributed by atoms with Crippen molar-refractivity contribution in [3.05, 3.63) is 54.4 Å². The van der Waals surface area contributed by atoms with Crippen molar-refractivity contribution in [2.24, 2.45) is 4.99 Å². The third kappa shape index (κ3) is 6.15. The Morgan fingerprint density at radius 2 is 1.74 bits per heavy atom. The molecule has 1 aromatic heterocycles. The van der Waals surface area contributed by atoms with Gasteiger partial charge in [-0.1, -0.05) is 18.2 Å². The Kier molecular flexibility index (Phi) is 11.7. The third-order valence-electron chi connectivity index (χ3n) is 2.11. The number of benzene rings is 1. The van der Waals surface area contributed by atoms with Gasteiger partial charge in [0.15, 0.2) is 0 Å². The van der Waals surface area contributed by atoms with E-state index < -0.39 is 0 Å². The maximum Gasteiger partial charge on any atom is 2.00 e. The van der Waals surface area contributed by atoms with Crippen molar-refractivity contribution in [2.45, 2.75) is 0 Å². The van der Waals surface area contributed by atoms with Crippen molar-refractivity contribution in [3.63, 3.8) is 0 Å². The molecule has 19 heavy (non-hydrogen) atoms. The Labute approximate surface area is 138 Å². The molecule has 0 bridgehead atoms. The summed E-state index contributed by atoms with van der Waals surface area (Å²) in [6.45, 7) is 0. The van der Waals surface area contributed by atoms with E-state index in [9.17, 15) is 0 Å². The van der Waals surface area contributed by atoms with Gasteiger partial charge >= 0.3 is 19.5 Å². The predicted octanol–water partition coefficient (Wildman–Crippen LogP) is -3.15. The standard InChI is InChI=1S/C13H12N2O.2ClH.Zn/c1-16-13-8-3-2-7-12(13)15-10-11-6-4-5-9-14-11;;;/h2-10H,1H3;2*1H;/q;;;+2/p-2. The first kappa shape index (κ1) is 20.4. The SMILES string of the molecule is COc1ccccc1N=Cc1ccccn1.[Cl-].[Cl-].[Zn+2]. The van der Waals surface area contributed by atoms with Crippen LogP contribution in [0.5, 0.6) is 5.75 Å². The minimum Gasteiger partial charge on any atom is -1.00 e. The zero-order chi connectivity index (χ0) is 11.2. The van der Waals surface area contributed by atoms with Crippen LogP contribution in [-0.4, -0.2) is 18.3 Å². The summed E-state index contributed by atoms with van der Waals surface area (Å²) in [6.07, 6.45) is 3.46. The van der Waals surface area contributed by atoms with Crippen LogP contribution in [0.25, 0.3) is 0 Å². The van der Waals surface area contributed by atoms with Crippen molar-refractivity contribution in [1.82, 2.24) is 4.98 Å². The molecular weight excluding hydrogens is 336 g/mol. The molecule has 0 amide bonds. The van der Waals surface area contributed by atoms with Crippen LogP contribution in [0.2, 0.25) is 0 Å². The van der Waals surface area contributed by atoms with Crippen LogP contribution < -0.4 is 29.6 Å². The second-order valence-corrected chi connectivity index (χ2v) is 3.18. The number of para-hydroxylation sites is 2. The first-order valence-corrected chi connectivity index (χ1v) is 4.98. The summed E-state index contributed by atoms with van der Waals surface area (Å²) in [4.78, 5) is 8.49. The van der Waals surface area contributed by atoms with Gasteiger partial charge in [0.1, 0.15) is 11.4 Å². The summed E-state index contributed by atoms with van der Waals surface area (Å²) in [6, 6.07) is 13.3. The Hall–Kier alpha value is -0.957. The molecule has 0 atom stereocenters. The van der Waals surface area contributed by atoms with Crippen molar-refractivity contribution in [3.8, 4) is 5.75 Å². The summed E-state index contributed by atoms with van der Waals surface area (Å²) in [5.74, 6) is 0.759. The van der Waals surface area contributed by atoms with E-state index in [1.807, 2.05) is 42.5 Å². The van der Waals surface area contributed by atoms with Gasteiger partial charge in [-0.2, -0.15) is 0 Å². The van der Waals surface area contributed by atoms with Gasteiger partial charge in [0, 0.05) is 6.20 Å². The molecule has 0 saturated carbocycles. The van der Waals surface area contributed by atoms with E-state index in [1.54, 1.807) is 19.5 Å². The van der Waals surface area contributed by atoms with E-state index in [-0.39, 0.29) is 44.3 Å². The number of nitrogens with zero attached hydrogens (tertiary/aromatic N) is 2. The molecule has 0 fully saturated rings. The molecule has 0 N–H and O–H groups in total. The predicted molar refractivity (Wildman–Crippen MR) is 64.5 cm³/mol. The summed E-state index contributed by atoms with van der Waals surface area (Å²) < 4.78 is 5.20. The van der Waals surface area contributed by atoms with Gasteiger partial charge in [-0.25, -0.2) is 0 Å². The van der Waals surface area contributed by atoms with Gasteiger partial charge in [-0.15, -0.1) is 0 Å². The average molecular weight is 349 g/mol. The Morgan fingerprint density at radius 1 is 1.05 bits per heavy atom. The minimum atomic E-state index is 0. The van der Waals surface area contributed by atoms with Crippen LogP contribution in [0.3, 0.4) is 0 Å². The number of hydrogen-bond acceptors (Lipinski definition) is 3. The molecule has 0 spiro atoms. The first-order chi connectivity index (χ1) is 7.90. The Balaban J connectivity index is 0. The fourth-order valence-electron chi connectivity index (χ4n) is 1.32. The van der Waals surface area contributed by atoms with Crippen LogP contribution in [0.1, 0.15) is 5.69 Å². The zero-order valence-corrected chi connectivity index (χ0v) is 14.9. The van der Waals surface area contributed by atoms with E-state index in [0.717, 1.165) is 17.1 Å². The number of hydrogen-bond donors (Lipinski definition) is 0. The summed E-state index contributed by atoms with van der Waals surface area (Å²) in [7, 11) is 1.63. The van der Waals surface area contributed by atoms with E-state index in [2.05, 4.69) is 9.98 Å². The molecule has 6 heteroatoms. The van der Waals surface area contributed by atoms with E-state index >= 15 is 0 Å². The van der Waals surface area contributed by atoms with Crippen LogP contribution >= 0.6 is 0 Å². The summed E-state index contributed by atoms with van der Waals surface area (Å²) >= 11 is 0. The number of methoxy groups -OCH3 is 1. The van der Waals surface area contributed by atoms with Gasteiger partial charge in [-0.3, -0.25) is 9.98 Å². The molecule has 2 rings (SSSR count). The quantitative estimate of drug-likeness (QED) is 0.434. The number of rotatable bonds is 3. The molecule has 0 unspecified atom stereocenters. The third-order valence-corrected chi connectivity index (χ3v) is 2.11. The minimum absolute atomic E-state index is 0. The molecular formula is C13H12Cl2N2OZn. The maximum absolute atomic E-state index is 5.20. The molecule has 0 radical (unpaired) electrons. The van der Waals surface area contributed by atoms with Gasteiger partial charge < -0.3 is 29.6 Å². The molecule has 96 valence electrons. The fourth-order valence-corrected chi connectivity index (χ4v) is 1.32. The van der Waals surface area contributed by atoms with Crippen molar-refractivity contribution >= 4 is 11.9 Å². The molecule has 3 nitrogen and oxygen atoms in total. The second-order valence-electron chi connectivity index (χ2n) is 3.18. The van der Waals surface area contributed by atoms with E-state index in [0.29, 0.717) is 0 Å². The molecule has 0 aliphatic heterocycles. The first-order valence-electron chi connectivity index (χ1n) is 4.98. The van der Waals surface area contributed by atoms with Crippen LogP contribution in [0.15, 0.2) is 53.7 Å². The Morgan fingerprint density at radius 3 is 2.37 bits per heavy atom. The van der Waals surface area contributed by atoms with Gasteiger partial charge in [0.05, 0.1) is 19.0 Å². The summed E-state index contributed by atoms with van der Waals surface area (Å²) in [5.41, 5.74) is 1.63. The van der Waals surface area contributed by atoms with Crippen LogP contribution in [0.4, 0.5) is 5.69 Å². The topological polar surface area (TPSA) is 34.5 Å². The number of aromatic nitrogens is 1. The number of pyridine rings is 1. The normalized spacial score (nSPS) is 8.89. The van der Waals surface area contributed by atoms with Gasteiger partial charge in [-0.05, 0) is 24.3 Å². The smallest absolute Gasteiger partial charge is 1.00 e. The molecule has 0 saturated heterocycles. The van der Waals surface area contributed by atoms with Crippen molar-refractivity contribution in [1.29, 1.82) is 0 Å². The van der Waals surface area contributed by atoms with E-state index in [1.165, 1.54) is 0 Å². The fraction of sp³-hybridized carbons (Fsp3) is 0.0769. The van der Waals surface area contributed by atoms with Crippen molar-refractivity contribution in [2.75, 3.05) is 7.11 Å². The summed E-state index contributed by atoms with van der Waals surface area (Å²) in [5, 5.41) is 0. The molecule has 1 heterocycles. The van der Waals surface area contributed by atoms with Crippen molar-refractivity contribution < 1.29 is 49.0 Å². The zero-order valence-electron chi connectivity index (χ0n) is 10.5. The van der Waals surface area contributed by atoms with Gasteiger partial charge in [0.2, 0.25) is 0 Å². The van der Waals surface area contributed by atoms with Crippen LogP contribution in [-0.2, 0) is 19.5 Å². The monoisotopic (exact) mass is 346 g/mol. The average Bonchev–Trinajstić information content (AvgIpc) is 2.38. The number of aliphatic imine (C=N–C) groups is 1. The number of ether oxygens (including phenoxy) is 1. The molecule has 0 aliphatic carbocycles. The molecule has 1 aromatic carbocycles. The van der Waals surface area contributed by atoms with Crippen LogP contribution in [0, 0.1) is 0 Å². The second kappa shape index (κ2) is 10.9. The Bertz CT molecular complexity index is 495. The molecule has 0 aliphatic rings. The van der Waals surface area contributed by atoms with Gasteiger partial charge in [0.25, 0.3) is 0 Å². The molecule has 2 aromatic rings. The van der Waals surface area contributed by atoms with E-state index in [4.69, 9.17) is 4.74 Å². The largest absolute Gasteiger partial charge is 2.00 e. The maximum atomic E-state index is 5.20.